The summed E-state index contributed by atoms with van der Waals surface area (Å²) in [6.45, 7) is 2.98. The highest BCUT2D eigenvalue weighted by atomic mass is 16.2. The number of imidazole rings is 1. The maximum Gasteiger partial charge on any atom is 0.291 e. The fourth-order valence-electron chi connectivity index (χ4n) is 2.40. The number of rotatable bonds is 3. The smallest absolute Gasteiger partial charge is 0.291 e. The minimum atomic E-state index is -0.264. The van der Waals surface area contributed by atoms with Crippen molar-refractivity contribution in [1.82, 2.24) is 15.0 Å². The number of hydrogen-bond acceptors (Lipinski definition) is 3. The average molecular weight is 282 g/mol. The van der Waals surface area contributed by atoms with E-state index in [4.69, 9.17) is 0 Å². The van der Waals surface area contributed by atoms with Crippen molar-refractivity contribution in [3.8, 4) is 0 Å². The van der Waals surface area contributed by atoms with Crippen LogP contribution in [0.2, 0.25) is 0 Å². The van der Waals surface area contributed by atoms with Gasteiger partial charge in [-0.05, 0) is 25.3 Å². The maximum atomic E-state index is 12.0. The van der Waals surface area contributed by atoms with Crippen LogP contribution in [0.25, 0.3) is 0 Å². The van der Waals surface area contributed by atoms with Crippen molar-refractivity contribution in [3.05, 3.63) is 53.1 Å². The number of fused-ring (bicyclic) bond motifs is 1. The van der Waals surface area contributed by atoms with Crippen LogP contribution in [-0.2, 0) is 13.0 Å². The topological polar surface area (TPSA) is 59.3 Å². The number of carbonyl (C=O) groups is 1. The Morgan fingerprint density at radius 1 is 1.33 bits per heavy atom. The van der Waals surface area contributed by atoms with Gasteiger partial charge in [-0.1, -0.05) is 29.8 Å². The third-order valence-electron chi connectivity index (χ3n) is 3.60. The summed E-state index contributed by atoms with van der Waals surface area (Å²) in [7, 11) is 0. The van der Waals surface area contributed by atoms with Crippen LogP contribution in [0.5, 0.6) is 0 Å². The van der Waals surface area contributed by atoms with Gasteiger partial charge < -0.3 is 4.57 Å². The highest BCUT2D eigenvalue weighted by molar-refractivity contribution is 5.93. The van der Waals surface area contributed by atoms with Crippen LogP contribution in [0.1, 0.15) is 40.3 Å². The minimum absolute atomic E-state index is 0.264. The molecule has 0 spiro atoms. The average Bonchev–Trinajstić information content (AvgIpc) is 2.93. The molecule has 0 radical (unpaired) electrons. The summed E-state index contributed by atoms with van der Waals surface area (Å²) in [5.74, 6) is 0.731. The molecule has 108 valence electrons. The van der Waals surface area contributed by atoms with E-state index >= 15 is 0 Å². The molecule has 3 rings (SSSR count). The Hall–Kier alpha value is -2.43. The number of nitrogens with zero attached hydrogens (tertiary/aromatic N) is 3. The normalized spacial score (nSPS) is 14.1. The van der Waals surface area contributed by atoms with Crippen molar-refractivity contribution >= 4 is 12.1 Å². The highest BCUT2D eigenvalue weighted by Gasteiger charge is 2.16. The predicted molar refractivity (Wildman–Crippen MR) is 81.4 cm³/mol. The largest absolute Gasteiger partial charge is 0.334 e. The van der Waals surface area contributed by atoms with E-state index in [1.165, 1.54) is 5.56 Å². The summed E-state index contributed by atoms with van der Waals surface area (Å²) in [5.41, 5.74) is 5.11. The lowest BCUT2D eigenvalue weighted by Crippen LogP contribution is -2.18. The fraction of sp³-hybridized carbons (Fsp3) is 0.312. The molecule has 5 heteroatoms. The number of benzene rings is 1. The Bertz CT molecular complexity index is 647. The van der Waals surface area contributed by atoms with Crippen molar-refractivity contribution < 1.29 is 4.79 Å². The predicted octanol–water partition coefficient (Wildman–Crippen LogP) is 2.29. The molecule has 0 bridgehead atoms. The zero-order valence-electron chi connectivity index (χ0n) is 12.0. The van der Waals surface area contributed by atoms with Gasteiger partial charge >= 0.3 is 0 Å². The summed E-state index contributed by atoms with van der Waals surface area (Å²) in [4.78, 5) is 16.4. The molecule has 1 aromatic carbocycles. The molecule has 0 saturated carbocycles. The Morgan fingerprint density at radius 3 is 2.90 bits per heavy atom. The number of nitrogens with one attached hydrogen (secondary N) is 1. The van der Waals surface area contributed by atoms with Crippen molar-refractivity contribution in [3.63, 3.8) is 0 Å². The fourth-order valence-corrected chi connectivity index (χ4v) is 2.40. The first-order chi connectivity index (χ1) is 10.2. The van der Waals surface area contributed by atoms with Crippen molar-refractivity contribution in [2.45, 2.75) is 32.7 Å². The van der Waals surface area contributed by atoms with Crippen LogP contribution >= 0.6 is 0 Å². The molecule has 2 heterocycles. The van der Waals surface area contributed by atoms with E-state index in [-0.39, 0.29) is 5.91 Å². The molecule has 0 saturated heterocycles. The molecule has 1 aliphatic heterocycles. The third-order valence-corrected chi connectivity index (χ3v) is 3.60. The summed E-state index contributed by atoms with van der Waals surface area (Å²) < 4.78 is 2.06. The second-order valence-electron chi connectivity index (χ2n) is 5.30. The molecule has 0 aliphatic carbocycles. The second kappa shape index (κ2) is 5.91. The monoisotopic (exact) mass is 282 g/mol. The van der Waals surface area contributed by atoms with E-state index in [0.717, 1.165) is 37.2 Å². The van der Waals surface area contributed by atoms with Gasteiger partial charge in [0.05, 0.1) is 6.21 Å². The standard InChI is InChI=1S/C16H18N4O/c1-12-5-7-13(8-6-12)10-17-19-16(21)14-11-20-9-3-2-4-15(20)18-14/h5-8,10-11H,2-4,9H2,1H3,(H,19,21)/b17-10+. The summed E-state index contributed by atoms with van der Waals surface area (Å²) >= 11 is 0. The van der Waals surface area contributed by atoms with Gasteiger partial charge in [-0.25, -0.2) is 10.4 Å². The van der Waals surface area contributed by atoms with Gasteiger partial charge in [-0.15, -0.1) is 0 Å². The minimum Gasteiger partial charge on any atom is -0.334 e. The van der Waals surface area contributed by atoms with Crippen LogP contribution in [0.4, 0.5) is 0 Å². The van der Waals surface area contributed by atoms with Crippen LogP contribution < -0.4 is 5.43 Å². The van der Waals surface area contributed by atoms with Gasteiger partial charge in [0.2, 0.25) is 0 Å². The van der Waals surface area contributed by atoms with E-state index in [1.54, 1.807) is 6.21 Å². The first-order valence-electron chi connectivity index (χ1n) is 7.18. The summed E-state index contributed by atoms with van der Waals surface area (Å²) in [6, 6.07) is 7.93. The second-order valence-corrected chi connectivity index (χ2v) is 5.30. The first-order valence-corrected chi connectivity index (χ1v) is 7.18. The number of aryl methyl sites for hydroxylation is 3. The van der Waals surface area contributed by atoms with Gasteiger partial charge in [-0.2, -0.15) is 5.10 Å². The van der Waals surface area contributed by atoms with Crippen molar-refractivity contribution in [2.75, 3.05) is 0 Å². The Morgan fingerprint density at radius 2 is 2.14 bits per heavy atom. The molecule has 1 amide bonds. The van der Waals surface area contributed by atoms with E-state index in [9.17, 15) is 4.79 Å². The first kappa shape index (κ1) is 13.5. The Kier molecular flexibility index (Phi) is 3.81. The lowest BCUT2D eigenvalue weighted by atomic mass is 10.2. The molecular weight excluding hydrogens is 264 g/mol. The van der Waals surface area contributed by atoms with Crippen LogP contribution in [0, 0.1) is 6.92 Å². The highest BCUT2D eigenvalue weighted by Crippen LogP contribution is 2.14. The summed E-state index contributed by atoms with van der Waals surface area (Å²) in [5, 5.41) is 3.98. The van der Waals surface area contributed by atoms with Gasteiger partial charge in [0.15, 0.2) is 0 Å². The third kappa shape index (κ3) is 3.18. The number of hydrazone groups is 1. The number of hydrogen-bond donors (Lipinski definition) is 1. The maximum absolute atomic E-state index is 12.0. The zero-order valence-corrected chi connectivity index (χ0v) is 12.0. The molecule has 1 aliphatic rings. The molecule has 1 N–H and O–H groups in total. The molecule has 21 heavy (non-hydrogen) atoms. The van der Waals surface area contributed by atoms with Gasteiger partial charge in [-0.3, -0.25) is 4.79 Å². The Labute approximate surface area is 123 Å². The van der Waals surface area contributed by atoms with E-state index in [0.29, 0.717) is 5.69 Å². The molecule has 2 aromatic rings. The lowest BCUT2D eigenvalue weighted by molar-refractivity contribution is 0.0950. The van der Waals surface area contributed by atoms with E-state index in [1.807, 2.05) is 37.4 Å². The van der Waals surface area contributed by atoms with Crippen LogP contribution in [-0.4, -0.2) is 21.7 Å². The van der Waals surface area contributed by atoms with Gasteiger partial charge in [0, 0.05) is 19.2 Å². The van der Waals surface area contributed by atoms with Crippen LogP contribution in [0.15, 0.2) is 35.6 Å². The van der Waals surface area contributed by atoms with E-state index in [2.05, 4.69) is 20.1 Å². The quantitative estimate of drug-likeness (QED) is 0.693. The molecule has 0 atom stereocenters. The van der Waals surface area contributed by atoms with Crippen LogP contribution in [0.3, 0.4) is 0 Å². The number of amides is 1. The summed E-state index contributed by atoms with van der Waals surface area (Å²) in [6.07, 6.45) is 6.68. The molecule has 5 nitrogen and oxygen atoms in total. The van der Waals surface area contributed by atoms with Crippen molar-refractivity contribution in [2.24, 2.45) is 5.10 Å². The van der Waals surface area contributed by atoms with Gasteiger partial charge in [0.25, 0.3) is 5.91 Å². The lowest BCUT2D eigenvalue weighted by Gasteiger charge is -2.11. The number of aromatic nitrogens is 2. The Balaban J connectivity index is 1.63. The number of carbonyl (C=O) groups excluding carboxylic acids is 1. The van der Waals surface area contributed by atoms with E-state index < -0.39 is 0 Å². The molecule has 0 fully saturated rings. The molecule has 1 aromatic heterocycles. The van der Waals surface area contributed by atoms with Gasteiger partial charge in [0.1, 0.15) is 11.5 Å². The zero-order chi connectivity index (χ0) is 14.7. The molecular formula is C16H18N4O. The van der Waals surface area contributed by atoms with Crippen molar-refractivity contribution in [1.29, 1.82) is 0 Å². The SMILES string of the molecule is Cc1ccc(/C=N/NC(=O)c2cn3c(n2)CCCC3)cc1. The molecule has 0 unspecified atom stereocenters.